The van der Waals surface area contributed by atoms with Crippen LogP contribution in [0.1, 0.15) is 33.3 Å². The normalized spacial score (nSPS) is 16.6. The zero-order valence-corrected chi connectivity index (χ0v) is 22.5. The molecule has 2 aromatic heterocycles. The van der Waals surface area contributed by atoms with E-state index in [1.54, 1.807) is 22.7 Å². The Bertz CT molecular complexity index is 1410. The highest BCUT2D eigenvalue weighted by Gasteiger charge is 2.27. The van der Waals surface area contributed by atoms with Crippen LogP contribution in [0.2, 0.25) is 5.02 Å². The lowest BCUT2D eigenvalue weighted by Crippen LogP contribution is -2.51. The van der Waals surface area contributed by atoms with Crippen LogP contribution in [0.5, 0.6) is 0 Å². The molecule has 0 saturated carbocycles. The number of hydrogen-bond donors (Lipinski definition) is 2. The maximum Gasteiger partial charge on any atom is 0.270 e. The summed E-state index contributed by atoms with van der Waals surface area (Å²) in [6.07, 6.45) is 2.49. The van der Waals surface area contributed by atoms with Gasteiger partial charge in [-0.3, -0.25) is 9.59 Å². The van der Waals surface area contributed by atoms with Gasteiger partial charge < -0.3 is 20.4 Å². The zero-order chi connectivity index (χ0) is 26.7. The molecule has 2 N–H and O–H groups in total. The van der Waals surface area contributed by atoms with Crippen molar-refractivity contribution in [2.45, 2.75) is 19.5 Å². The number of benzene rings is 1. The van der Waals surface area contributed by atoms with E-state index in [2.05, 4.69) is 44.5 Å². The van der Waals surface area contributed by atoms with Crippen molar-refractivity contribution < 1.29 is 18.0 Å². The second-order valence-electron chi connectivity index (χ2n) is 9.29. The number of rotatable bonds is 8. The smallest absolute Gasteiger partial charge is 0.270 e. The molecular weight excluding hydrogens is 518 g/mol. The number of aromatic nitrogens is 3. The third-order valence-electron chi connectivity index (χ3n) is 6.18. The molecule has 1 aliphatic heterocycles. The number of amides is 2. The Labute approximate surface area is 220 Å². The maximum atomic E-state index is 13.2. The van der Waals surface area contributed by atoms with Gasteiger partial charge in [-0.15, -0.1) is 0 Å². The van der Waals surface area contributed by atoms with Crippen molar-refractivity contribution >= 4 is 44.7 Å². The molecule has 0 aliphatic carbocycles. The average Bonchev–Trinajstić information content (AvgIpc) is 3.26. The third-order valence-corrected chi connectivity index (χ3v) is 7.38. The van der Waals surface area contributed by atoms with Crippen LogP contribution >= 0.6 is 11.6 Å². The number of sulfone groups is 1. The number of carbonyl (C=O) groups is 2. The molecule has 3 heterocycles. The summed E-state index contributed by atoms with van der Waals surface area (Å²) in [5.74, 6) is -0.446. The van der Waals surface area contributed by atoms with Gasteiger partial charge in [0.15, 0.2) is 5.65 Å². The van der Waals surface area contributed by atoms with E-state index in [1.165, 1.54) is 6.20 Å². The molecule has 1 aliphatic rings. The van der Waals surface area contributed by atoms with Crippen molar-refractivity contribution in [2.75, 3.05) is 50.1 Å². The number of nitrogens with zero attached hydrogens (tertiary/aromatic N) is 5. The lowest BCUT2D eigenvalue weighted by atomic mass is 10.2. The molecule has 1 saturated heterocycles. The quantitative estimate of drug-likeness (QED) is 0.431. The van der Waals surface area contributed by atoms with Crippen molar-refractivity contribution in [2.24, 2.45) is 0 Å². The average molecular weight is 548 g/mol. The molecule has 1 fully saturated rings. The van der Waals surface area contributed by atoms with Gasteiger partial charge in [-0.25, -0.2) is 13.4 Å². The van der Waals surface area contributed by atoms with Crippen LogP contribution in [0.4, 0.5) is 5.82 Å². The molecule has 2 amide bonds. The predicted molar refractivity (Wildman–Crippen MR) is 142 cm³/mol. The number of carbonyl (C=O) groups excluding carboxylic acids is 2. The molecule has 0 spiro atoms. The first-order chi connectivity index (χ1) is 17.5. The molecular formula is C24H30ClN7O4S. The summed E-state index contributed by atoms with van der Waals surface area (Å²) >= 11 is 5.95. The van der Waals surface area contributed by atoms with Gasteiger partial charge in [-0.1, -0.05) is 23.7 Å². The Balaban J connectivity index is 1.66. The molecule has 13 heteroatoms. The number of likely N-dealkylation sites (N-methyl/N-ethyl adjacent to an activating group) is 1. The van der Waals surface area contributed by atoms with Crippen LogP contribution in [-0.4, -0.2) is 91.0 Å². The highest BCUT2D eigenvalue weighted by atomic mass is 35.5. The molecule has 0 radical (unpaired) electrons. The molecule has 1 aromatic carbocycles. The summed E-state index contributed by atoms with van der Waals surface area (Å²) in [6, 6.07) is 8.97. The van der Waals surface area contributed by atoms with E-state index in [-0.39, 0.29) is 41.8 Å². The van der Waals surface area contributed by atoms with Gasteiger partial charge in [0.05, 0.1) is 11.9 Å². The molecule has 4 rings (SSSR count). The third kappa shape index (κ3) is 6.56. The fraction of sp³-hybridized carbons (Fsp3) is 0.417. The zero-order valence-electron chi connectivity index (χ0n) is 20.9. The lowest BCUT2D eigenvalue weighted by Gasteiger charge is -2.39. The van der Waals surface area contributed by atoms with Crippen molar-refractivity contribution in [1.82, 2.24) is 30.1 Å². The number of nitrogens with one attached hydrogen (secondary N) is 2. The molecule has 11 nitrogen and oxygen atoms in total. The topological polar surface area (TPSA) is 129 Å². The minimum atomic E-state index is -3.23. The van der Waals surface area contributed by atoms with Gasteiger partial charge in [0.1, 0.15) is 26.9 Å². The summed E-state index contributed by atoms with van der Waals surface area (Å²) < 4.78 is 24.4. The summed E-state index contributed by atoms with van der Waals surface area (Å²) in [4.78, 5) is 34.9. The highest BCUT2D eigenvalue weighted by Crippen LogP contribution is 2.24. The van der Waals surface area contributed by atoms with Crippen LogP contribution < -0.4 is 15.5 Å². The number of hydrogen-bond acceptors (Lipinski definition) is 8. The molecule has 0 bridgehead atoms. The van der Waals surface area contributed by atoms with Crippen LogP contribution in [0.3, 0.4) is 0 Å². The van der Waals surface area contributed by atoms with Gasteiger partial charge in [0, 0.05) is 56.1 Å². The Morgan fingerprint density at radius 2 is 1.86 bits per heavy atom. The van der Waals surface area contributed by atoms with Gasteiger partial charge in [0.2, 0.25) is 0 Å². The van der Waals surface area contributed by atoms with Crippen LogP contribution in [-0.2, 0) is 16.4 Å². The maximum absolute atomic E-state index is 13.2. The van der Waals surface area contributed by atoms with E-state index < -0.39 is 21.7 Å². The molecule has 3 aromatic rings. The molecule has 1 atom stereocenters. The standard InChI is InChI=1S/C24H30ClN7O4S/c1-16-15-30(2)9-10-31(16)21-12-20(24(34)27-13-17-4-6-18(25)7-5-17)29-22-19(14-28-32(21)22)23(33)26-8-11-37(3,35)36/h4-7,12,14,16H,8-11,13,15H2,1-3H3,(H,26,33)(H,27,34)/t16-/m1/s1. The van der Waals surface area contributed by atoms with Gasteiger partial charge >= 0.3 is 0 Å². The minimum absolute atomic E-state index is 0.0430. The van der Waals surface area contributed by atoms with E-state index in [1.807, 2.05) is 12.1 Å². The summed E-state index contributed by atoms with van der Waals surface area (Å²) in [5.41, 5.74) is 1.40. The van der Waals surface area contributed by atoms with Crippen molar-refractivity contribution in [3.8, 4) is 0 Å². The van der Waals surface area contributed by atoms with Crippen molar-refractivity contribution in [3.05, 3.63) is 58.4 Å². The van der Waals surface area contributed by atoms with E-state index in [4.69, 9.17) is 11.6 Å². The Hall–Kier alpha value is -3.22. The predicted octanol–water partition coefficient (Wildman–Crippen LogP) is 1.23. The fourth-order valence-electron chi connectivity index (χ4n) is 4.23. The van der Waals surface area contributed by atoms with Gasteiger partial charge in [-0.05, 0) is 31.7 Å². The first kappa shape index (κ1) is 26.8. The van der Waals surface area contributed by atoms with Crippen LogP contribution in [0.15, 0.2) is 36.5 Å². The number of halogens is 1. The SMILES string of the molecule is C[C@@H]1CN(C)CCN1c1cc(C(=O)NCc2ccc(Cl)cc2)nc2c(C(=O)NCCS(C)(=O)=O)cnn12. The van der Waals surface area contributed by atoms with Crippen molar-refractivity contribution in [1.29, 1.82) is 0 Å². The Kier molecular flexibility index (Phi) is 8.00. The van der Waals surface area contributed by atoms with E-state index in [0.29, 0.717) is 17.4 Å². The van der Waals surface area contributed by atoms with Gasteiger partial charge in [-0.2, -0.15) is 9.61 Å². The summed E-state index contributed by atoms with van der Waals surface area (Å²) in [5, 5.41) is 10.5. The van der Waals surface area contributed by atoms with E-state index in [0.717, 1.165) is 24.9 Å². The highest BCUT2D eigenvalue weighted by molar-refractivity contribution is 7.90. The van der Waals surface area contributed by atoms with Crippen LogP contribution in [0, 0.1) is 0 Å². The number of fused-ring (bicyclic) bond motifs is 1. The number of piperazine rings is 1. The van der Waals surface area contributed by atoms with Crippen molar-refractivity contribution in [3.63, 3.8) is 0 Å². The van der Waals surface area contributed by atoms with Gasteiger partial charge in [0.25, 0.3) is 11.8 Å². The summed E-state index contributed by atoms with van der Waals surface area (Å²) in [6.45, 7) is 4.68. The van der Waals surface area contributed by atoms with E-state index >= 15 is 0 Å². The lowest BCUT2D eigenvalue weighted by molar-refractivity contribution is 0.0939. The minimum Gasteiger partial charge on any atom is -0.351 e. The number of anilines is 1. The summed E-state index contributed by atoms with van der Waals surface area (Å²) in [7, 11) is -1.18. The molecule has 198 valence electrons. The first-order valence-corrected chi connectivity index (χ1v) is 14.3. The molecule has 37 heavy (non-hydrogen) atoms. The monoisotopic (exact) mass is 547 g/mol. The Morgan fingerprint density at radius 1 is 1.14 bits per heavy atom. The van der Waals surface area contributed by atoms with Crippen LogP contribution in [0.25, 0.3) is 5.65 Å². The fourth-order valence-corrected chi connectivity index (χ4v) is 4.83. The first-order valence-electron chi connectivity index (χ1n) is 11.8. The Morgan fingerprint density at radius 3 is 2.54 bits per heavy atom. The second kappa shape index (κ2) is 11.0. The van der Waals surface area contributed by atoms with E-state index in [9.17, 15) is 18.0 Å². The second-order valence-corrected chi connectivity index (χ2v) is 12.0. The largest absolute Gasteiger partial charge is 0.351 e. The molecule has 0 unspecified atom stereocenters.